The van der Waals surface area contributed by atoms with Crippen LogP contribution in [-0.4, -0.2) is 31.1 Å². The highest BCUT2D eigenvalue weighted by atomic mass is 35.5. The van der Waals surface area contributed by atoms with Crippen molar-refractivity contribution in [2.75, 3.05) is 26.2 Å². The lowest BCUT2D eigenvalue weighted by molar-refractivity contribution is 0.240. The van der Waals surface area contributed by atoms with E-state index in [2.05, 4.69) is 58.8 Å². The SMILES string of the molecule is Clc1ccccc1C(CNC/C=C/c1ccccc1)N1CCCC1. The zero-order valence-corrected chi connectivity index (χ0v) is 14.8. The lowest BCUT2D eigenvalue weighted by Gasteiger charge is -2.29. The fourth-order valence-electron chi connectivity index (χ4n) is 3.30. The largest absolute Gasteiger partial charge is 0.311 e. The first-order chi connectivity index (χ1) is 11.8. The quantitative estimate of drug-likeness (QED) is 0.730. The molecule has 0 radical (unpaired) electrons. The molecule has 1 fully saturated rings. The maximum Gasteiger partial charge on any atom is 0.0487 e. The minimum Gasteiger partial charge on any atom is -0.311 e. The van der Waals surface area contributed by atoms with Crippen LogP contribution in [0.2, 0.25) is 5.02 Å². The van der Waals surface area contributed by atoms with Gasteiger partial charge in [-0.05, 0) is 43.1 Å². The van der Waals surface area contributed by atoms with Gasteiger partial charge in [0.05, 0.1) is 0 Å². The van der Waals surface area contributed by atoms with Crippen LogP contribution >= 0.6 is 11.6 Å². The molecule has 1 unspecified atom stereocenters. The number of rotatable bonds is 7. The van der Waals surface area contributed by atoms with E-state index in [0.29, 0.717) is 6.04 Å². The summed E-state index contributed by atoms with van der Waals surface area (Å²) in [6.45, 7) is 4.11. The monoisotopic (exact) mass is 340 g/mol. The minimum absolute atomic E-state index is 0.353. The lowest BCUT2D eigenvalue weighted by Crippen LogP contribution is -2.34. The minimum atomic E-state index is 0.353. The smallest absolute Gasteiger partial charge is 0.0487 e. The first-order valence-electron chi connectivity index (χ1n) is 8.75. The van der Waals surface area contributed by atoms with E-state index in [1.165, 1.54) is 24.0 Å². The van der Waals surface area contributed by atoms with Gasteiger partial charge in [-0.15, -0.1) is 0 Å². The van der Waals surface area contributed by atoms with E-state index >= 15 is 0 Å². The Morgan fingerprint density at radius 1 is 1.00 bits per heavy atom. The third-order valence-corrected chi connectivity index (χ3v) is 4.90. The molecular weight excluding hydrogens is 316 g/mol. The van der Waals surface area contributed by atoms with Crippen LogP contribution in [0.25, 0.3) is 6.08 Å². The third-order valence-electron chi connectivity index (χ3n) is 4.56. The Labute approximate surface area is 150 Å². The van der Waals surface area contributed by atoms with E-state index < -0.39 is 0 Å². The molecule has 1 aliphatic rings. The van der Waals surface area contributed by atoms with Gasteiger partial charge in [-0.2, -0.15) is 0 Å². The van der Waals surface area contributed by atoms with E-state index in [-0.39, 0.29) is 0 Å². The first-order valence-corrected chi connectivity index (χ1v) is 9.13. The lowest BCUT2D eigenvalue weighted by atomic mass is 10.1. The number of nitrogens with one attached hydrogen (secondary N) is 1. The molecule has 1 saturated heterocycles. The topological polar surface area (TPSA) is 15.3 Å². The average molecular weight is 341 g/mol. The summed E-state index contributed by atoms with van der Waals surface area (Å²) in [6.07, 6.45) is 6.92. The van der Waals surface area contributed by atoms with Crippen LogP contribution in [0.3, 0.4) is 0 Å². The number of hydrogen-bond acceptors (Lipinski definition) is 2. The van der Waals surface area contributed by atoms with Gasteiger partial charge < -0.3 is 5.32 Å². The first kappa shape index (κ1) is 17.2. The number of likely N-dealkylation sites (tertiary alicyclic amines) is 1. The van der Waals surface area contributed by atoms with Crippen LogP contribution in [0.15, 0.2) is 60.7 Å². The predicted octanol–water partition coefficient (Wildman–Crippen LogP) is 4.78. The van der Waals surface area contributed by atoms with Crippen molar-refractivity contribution >= 4 is 17.7 Å². The molecule has 2 aromatic carbocycles. The van der Waals surface area contributed by atoms with Gasteiger partial charge in [0.1, 0.15) is 0 Å². The third kappa shape index (κ3) is 4.70. The van der Waals surface area contributed by atoms with E-state index in [1.807, 2.05) is 18.2 Å². The molecule has 0 aliphatic carbocycles. The van der Waals surface area contributed by atoms with Crippen molar-refractivity contribution in [3.8, 4) is 0 Å². The molecular formula is C21H25ClN2. The van der Waals surface area contributed by atoms with Gasteiger partial charge >= 0.3 is 0 Å². The predicted molar refractivity (Wildman–Crippen MR) is 103 cm³/mol. The second-order valence-electron chi connectivity index (χ2n) is 6.25. The average Bonchev–Trinajstić information content (AvgIpc) is 3.14. The number of benzene rings is 2. The maximum atomic E-state index is 6.45. The fourth-order valence-corrected chi connectivity index (χ4v) is 3.56. The van der Waals surface area contributed by atoms with E-state index in [9.17, 15) is 0 Å². The van der Waals surface area contributed by atoms with E-state index in [1.54, 1.807) is 0 Å². The second-order valence-corrected chi connectivity index (χ2v) is 6.66. The van der Waals surface area contributed by atoms with Gasteiger partial charge in [0.25, 0.3) is 0 Å². The molecule has 1 aliphatic heterocycles. The molecule has 1 atom stereocenters. The second kappa shape index (κ2) is 9.03. The summed E-state index contributed by atoms with van der Waals surface area (Å²) in [5, 5.41) is 4.44. The Morgan fingerprint density at radius 3 is 2.46 bits per heavy atom. The Bertz CT molecular complexity index is 648. The highest BCUT2D eigenvalue weighted by molar-refractivity contribution is 6.31. The number of halogens is 1. The standard InChI is InChI=1S/C21H25ClN2/c22-20-13-5-4-12-19(20)21(24-15-6-7-16-24)17-23-14-8-11-18-9-2-1-3-10-18/h1-5,8-13,21,23H,6-7,14-17H2/b11-8+. The zero-order valence-electron chi connectivity index (χ0n) is 14.0. The summed E-state index contributed by atoms with van der Waals surface area (Å²) in [4.78, 5) is 2.55. The summed E-state index contributed by atoms with van der Waals surface area (Å²) >= 11 is 6.45. The van der Waals surface area contributed by atoms with Crippen molar-refractivity contribution in [1.82, 2.24) is 10.2 Å². The Morgan fingerprint density at radius 2 is 1.71 bits per heavy atom. The maximum absolute atomic E-state index is 6.45. The molecule has 0 amide bonds. The molecule has 0 spiro atoms. The molecule has 2 nitrogen and oxygen atoms in total. The normalized spacial score (nSPS) is 16.7. The van der Waals surface area contributed by atoms with E-state index in [4.69, 9.17) is 11.6 Å². The van der Waals surface area contributed by atoms with Crippen molar-refractivity contribution in [2.45, 2.75) is 18.9 Å². The number of nitrogens with zero attached hydrogens (tertiary/aromatic N) is 1. The molecule has 1 N–H and O–H groups in total. The van der Waals surface area contributed by atoms with Crippen molar-refractivity contribution in [1.29, 1.82) is 0 Å². The Kier molecular flexibility index (Phi) is 6.48. The summed E-state index contributed by atoms with van der Waals surface area (Å²) < 4.78 is 0. The number of hydrogen-bond donors (Lipinski definition) is 1. The Balaban J connectivity index is 1.58. The van der Waals surface area contributed by atoms with Gasteiger partial charge in [0.15, 0.2) is 0 Å². The highest BCUT2D eigenvalue weighted by Crippen LogP contribution is 2.29. The van der Waals surface area contributed by atoms with Crippen LogP contribution in [0.4, 0.5) is 0 Å². The van der Waals surface area contributed by atoms with Crippen molar-refractivity contribution in [2.24, 2.45) is 0 Å². The molecule has 0 bridgehead atoms. The molecule has 0 saturated carbocycles. The van der Waals surface area contributed by atoms with Crippen molar-refractivity contribution < 1.29 is 0 Å². The van der Waals surface area contributed by atoms with Crippen LogP contribution in [0.5, 0.6) is 0 Å². The molecule has 24 heavy (non-hydrogen) atoms. The molecule has 0 aromatic heterocycles. The summed E-state index contributed by atoms with van der Waals surface area (Å²) in [7, 11) is 0. The van der Waals surface area contributed by atoms with Crippen molar-refractivity contribution in [3.05, 3.63) is 76.8 Å². The molecule has 2 aromatic rings. The Hall–Kier alpha value is -1.61. The van der Waals surface area contributed by atoms with Gasteiger partial charge in [0.2, 0.25) is 0 Å². The summed E-state index contributed by atoms with van der Waals surface area (Å²) in [5.41, 5.74) is 2.47. The van der Waals surface area contributed by atoms with Gasteiger partial charge in [-0.3, -0.25) is 4.90 Å². The molecule has 3 heteroatoms. The van der Waals surface area contributed by atoms with Gasteiger partial charge in [0, 0.05) is 24.2 Å². The van der Waals surface area contributed by atoms with Crippen molar-refractivity contribution in [3.63, 3.8) is 0 Å². The zero-order chi connectivity index (χ0) is 16.6. The summed E-state index contributed by atoms with van der Waals surface area (Å²) in [6, 6.07) is 19.0. The molecule has 3 rings (SSSR count). The molecule has 1 heterocycles. The van der Waals surface area contributed by atoms with Crippen LogP contribution in [0, 0.1) is 0 Å². The van der Waals surface area contributed by atoms with Gasteiger partial charge in [-0.25, -0.2) is 0 Å². The summed E-state index contributed by atoms with van der Waals surface area (Å²) in [5.74, 6) is 0. The van der Waals surface area contributed by atoms with Crippen LogP contribution in [-0.2, 0) is 0 Å². The van der Waals surface area contributed by atoms with Crippen LogP contribution in [0.1, 0.15) is 30.0 Å². The van der Waals surface area contributed by atoms with E-state index in [0.717, 1.165) is 31.2 Å². The fraction of sp³-hybridized carbons (Fsp3) is 0.333. The highest BCUT2D eigenvalue weighted by Gasteiger charge is 2.24. The van der Waals surface area contributed by atoms with Crippen LogP contribution < -0.4 is 5.32 Å². The molecule has 126 valence electrons. The van der Waals surface area contributed by atoms with Gasteiger partial charge in [-0.1, -0.05) is 72.3 Å².